The van der Waals surface area contributed by atoms with Crippen molar-refractivity contribution in [3.05, 3.63) is 35.4 Å². The normalized spacial score (nSPS) is 20.8. The Balaban J connectivity index is 2.13. The highest BCUT2D eigenvalue weighted by Gasteiger charge is 2.47. The Morgan fingerprint density at radius 1 is 1.42 bits per heavy atom. The molecule has 1 aromatic carbocycles. The van der Waals surface area contributed by atoms with Gasteiger partial charge in [-0.05, 0) is 37.8 Å². The fourth-order valence-corrected chi connectivity index (χ4v) is 3.22. The molecule has 1 heterocycles. The van der Waals surface area contributed by atoms with Crippen molar-refractivity contribution in [3.8, 4) is 0 Å². The molecule has 4 nitrogen and oxygen atoms in total. The van der Waals surface area contributed by atoms with E-state index in [1.165, 1.54) is 18.3 Å². The van der Waals surface area contributed by atoms with Crippen LogP contribution in [0, 0.1) is 11.6 Å². The Hall–Kier alpha value is -1.98. The predicted molar refractivity (Wildman–Crippen MR) is 88.8 cm³/mol. The number of ether oxygens (including phenoxy) is 1. The van der Waals surface area contributed by atoms with Gasteiger partial charge < -0.3 is 4.74 Å². The van der Waals surface area contributed by atoms with Gasteiger partial charge in [0.15, 0.2) is 17.2 Å². The van der Waals surface area contributed by atoms with E-state index in [9.17, 15) is 13.6 Å². The van der Waals surface area contributed by atoms with Gasteiger partial charge in [0, 0.05) is 19.2 Å². The smallest absolute Gasteiger partial charge is 0.333 e. The first-order valence-corrected chi connectivity index (χ1v) is 8.45. The van der Waals surface area contributed by atoms with Crippen LogP contribution in [0.2, 0.25) is 0 Å². The zero-order valence-corrected chi connectivity index (χ0v) is 14.2. The lowest BCUT2D eigenvalue weighted by Crippen LogP contribution is -2.49. The average molecular weight is 338 g/mol. The van der Waals surface area contributed by atoms with Gasteiger partial charge in [-0.3, -0.25) is 5.01 Å². The third-order valence-electron chi connectivity index (χ3n) is 4.34. The molecule has 24 heavy (non-hydrogen) atoms. The van der Waals surface area contributed by atoms with E-state index in [1.807, 2.05) is 6.92 Å². The first-order valence-electron chi connectivity index (χ1n) is 8.45. The van der Waals surface area contributed by atoms with Gasteiger partial charge in [-0.25, -0.2) is 13.6 Å². The summed E-state index contributed by atoms with van der Waals surface area (Å²) >= 11 is 0. The molecule has 1 saturated heterocycles. The summed E-state index contributed by atoms with van der Waals surface area (Å²) in [7, 11) is 0. The molecule has 0 spiro atoms. The van der Waals surface area contributed by atoms with Gasteiger partial charge in [-0.2, -0.15) is 5.10 Å². The number of benzene rings is 1. The number of hydrazone groups is 1. The van der Waals surface area contributed by atoms with Crippen LogP contribution in [0.5, 0.6) is 0 Å². The fourth-order valence-electron chi connectivity index (χ4n) is 3.22. The zero-order chi connectivity index (χ0) is 17.6. The highest BCUT2D eigenvalue weighted by Crippen LogP contribution is 2.35. The maximum atomic E-state index is 13.7. The van der Waals surface area contributed by atoms with E-state index in [0.29, 0.717) is 26.0 Å². The summed E-state index contributed by atoms with van der Waals surface area (Å²) in [6.45, 7) is 4.79. The molecule has 0 N–H and O–H groups in total. The van der Waals surface area contributed by atoms with Crippen molar-refractivity contribution in [2.45, 2.75) is 51.5 Å². The lowest BCUT2D eigenvalue weighted by molar-refractivity contribution is -0.156. The van der Waals surface area contributed by atoms with Crippen LogP contribution in [-0.2, 0) is 16.0 Å². The van der Waals surface area contributed by atoms with Crippen molar-refractivity contribution < 1.29 is 18.3 Å². The van der Waals surface area contributed by atoms with Crippen LogP contribution in [0.3, 0.4) is 0 Å². The number of carbonyl (C=O) groups excluding carboxylic acids is 1. The number of hydrogen-bond acceptors (Lipinski definition) is 4. The summed E-state index contributed by atoms with van der Waals surface area (Å²) in [5.74, 6) is -1.97. The highest BCUT2D eigenvalue weighted by atomic mass is 19.2. The molecule has 0 unspecified atom stereocenters. The van der Waals surface area contributed by atoms with Crippen molar-refractivity contribution in [1.82, 2.24) is 5.01 Å². The van der Waals surface area contributed by atoms with Gasteiger partial charge in [0.1, 0.15) is 0 Å². The number of carbonyl (C=O) groups is 1. The quantitative estimate of drug-likeness (QED) is 0.562. The minimum atomic E-state index is -0.867. The van der Waals surface area contributed by atoms with Gasteiger partial charge >= 0.3 is 5.97 Å². The van der Waals surface area contributed by atoms with Crippen LogP contribution >= 0.6 is 0 Å². The number of rotatable bonds is 7. The first kappa shape index (κ1) is 18.4. The number of hydrogen-bond donors (Lipinski definition) is 0. The fraction of sp³-hybridized carbons (Fsp3) is 0.556. The summed E-state index contributed by atoms with van der Waals surface area (Å²) in [5, 5.41) is 6.14. The van der Waals surface area contributed by atoms with Crippen molar-refractivity contribution in [1.29, 1.82) is 0 Å². The topological polar surface area (TPSA) is 41.9 Å². The molecule has 6 heteroatoms. The number of nitrogens with zero attached hydrogens (tertiary/aromatic N) is 2. The van der Waals surface area contributed by atoms with E-state index in [2.05, 4.69) is 5.10 Å². The summed E-state index contributed by atoms with van der Waals surface area (Å²) in [6, 6.07) is 4.08. The van der Waals surface area contributed by atoms with Crippen LogP contribution in [-0.4, -0.2) is 35.9 Å². The molecule has 1 aliphatic rings. The van der Waals surface area contributed by atoms with Crippen LogP contribution in [0.15, 0.2) is 23.3 Å². The third-order valence-corrected chi connectivity index (χ3v) is 4.34. The third kappa shape index (κ3) is 3.74. The molecule has 0 aliphatic carbocycles. The molecule has 0 bridgehead atoms. The van der Waals surface area contributed by atoms with Crippen LogP contribution in [0.25, 0.3) is 0 Å². The van der Waals surface area contributed by atoms with E-state index in [1.54, 1.807) is 11.9 Å². The van der Waals surface area contributed by atoms with Crippen molar-refractivity contribution in [3.63, 3.8) is 0 Å². The monoisotopic (exact) mass is 338 g/mol. The minimum absolute atomic E-state index is 0.172. The Kier molecular flexibility index (Phi) is 6.29. The van der Waals surface area contributed by atoms with Gasteiger partial charge in [0.2, 0.25) is 0 Å². The summed E-state index contributed by atoms with van der Waals surface area (Å²) < 4.78 is 32.2. The molecule has 1 aromatic rings. The van der Waals surface area contributed by atoms with Crippen molar-refractivity contribution in [2.75, 3.05) is 13.2 Å². The largest absolute Gasteiger partial charge is 0.464 e. The minimum Gasteiger partial charge on any atom is -0.464 e. The molecular weight excluding hydrogens is 314 g/mol. The molecule has 0 saturated carbocycles. The summed E-state index contributed by atoms with van der Waals surface area (Å²) in [6.07, 6.45) is 4.76. The van der Waals surface area contributed by atoms with Crippen LogP contribution in [0.1, 0.15) is 45.1 Å². The van der Waals surface area contributed by atoms with E-state index in [-0.39, 0.29) is 18.0 Å². The Morgan fingerprint density at radius 3 is 2.92 bits per heavy atom. The molecule has 0 radical (unpaired) electrons. The molecule has 1 fully saturated rings. The molecule has 0 amide bonds. The van der Waals surface area contributed by atoms with E-state index < -0.39 is 17.2 Å². The SMILES string of the molecule is CCC[C@]1(C(=O)OCC)CCCN1/N=C\Cc1cccc(F)c1F. The number of halogens is 2. The second kappa shape index (κ2) is 8.22. The van der Waals surface area contributed by atoms with Crippen molar-refractivity contribution >= 4 is 12.2 Å². The van der Waals surface area contributed by atoms with Gasteiger partial charge in [-0.15, -0.1) is 0 Å². The zero-order valence-electron chi connectivity index (χ0n) is 14.2. The molecule has 0 aromatic heterocycles. The standard InChI is InChI=1S/C18H24F2N2O2/c1-3-10-18(17(23)24-4-2)11-6-13-22(18)21-12-9-14-7-5-8-15(19)16(14)20/h5,7-8,12H,3-4,6,9-11,13H2,1-2H3/b21-12-/t18-/m1/s1. The summed E-state index contributed by atoms with van der Waals surface area (Å²) in [5.41, 5.74) is -0.489. The predicted octanol–water partition coefficient (Wildman–Crippen LogP) is 3.69. The summed E-state index contributed by atoms with van der Waals surface area (Å²) in [4.78, 5) is 12.5. The van der Waals surface area contributed by atoms with Crippen molar-refractivity contribution in [2.24, 2.45) is 5.10 Å². The Bertz CT molecular complexity index is 607. The Labute approximate surface area is 141 Å². The van der Waals surface area contributed by atoms with Gasteiger partial charge in [0.05, 0.1) is 6.61 Å². The lowest BCUT2D eigenvalue weighted by Gasteiger charge is -2.34. The van der Waals surface area contributed by atoms with Gasteiger partial charge in [-0.1, -0.05) is 25.5 Å². The van der Waals surface area contributed by atoms with Crippen LogP contribution in [0.4, 0.5) is 8.78 Å². The molecule has 2 rings (SSSR count). The van der Waals surface area contributed by atoms with E-state index in [4.69, 9.17) is 4.74 Å². The number of esters is 1. The maximum Gasteiger partial charge on any atom is 0.333 e. The molecular formula is C18H24F2N2O2. The lowest BCUT2D eigenvalue weighted by atomic mass is 9.91. The van der Waals surface area contributed by atoms with E-state index >= 15 is 0 Å². The second-order valence-electron chi connectivity index (χ2n) is 5.94. The van der Waals surface area contributed by atoms with Gasteiger partial charge in [0.25, 0.3) is 0 Å². The molecule has 1 aliphatic heterocycles. The first-order chi connectivity index (χ1) is 11.5. The molecule has 132 valence electrons. The average Bonchev–Trinajstić information content (AvgIpc) is 2.96. The Morgan fingerprint density at radius 2 is 2.21 bits per heavy atom. The molecule has 1 atom stereocenters. The maximum absolute atomic E-state index is 13.7. The second-order valence-corrected chi connectivity index (χ2v) is 5.94. The van der Waals surface area contributed by atoms with Crippen LogP contribution < -0.4 is 0 Å². The highest BCUT2D eigenvalue weighted by molar-refractivity contribution is 5.81. The van der Waals surface area contributed by atoms with E-state index in [0.717, 1.165) is 18.9 Å².